The van der Waals surface area contributed by atoms with Crippen molar-refractivity contribution in [2.45, 2.75) is 49.0 Å². The van der Waals surface area contributed by atoms with E-state index in [1.54, 1.807) is 88.4 Å². The van der Waals surface area contributed by atoms with Crippen molar-refractivity contribution in [3.8, 4) is 34.5 Å². The molecule has 0 fully saturated rings. The minimum atomic E-state index is -0.976. The summed E-state index contributed by atoms with van der Waals surface area (Å²) in [6.45, 7) is 17.8. The highest BCUT2D eigenvalue weighted by atomic mass is 16.5. The average molecular weight is 625 g/mol. The molecule has 0 aliphatic rings. The second kappa shape index (κ2) is 16.4. The highest BCUT2D eigenvalue weighted by Crippen LogP contribution is 2.31. The number of hydrogen-bond acceptors (Lipinski definition) is 7. The first-order valence-electron chi connectivity index (χ1n) is 14.0. The average Bonchev–Trinajstić information content (AvgIpc) is 2.98. The summed E-state index contributed by atoms with van der Waals surface area (Å²) in [6, 6.07) is 22.7. The van der Waals surface area contributed by atoms with Crippen molar-refractivity contribution >= 4 is 17.9 Å². The molecule has 0 heterocycles. The van der Waals surface area contributed by atoms with Gasteiger partial charge in [-0.15, -0.1) is 0 Å². The zero-order chi connectivity index (χ0) is 33.3. The quantitative estimate of drug-likeness (QED) is 0.111. The van der Waals surface area contributed by atoms with E-state index in [4.69, 9.17) is 24.1 Å². The first-order valence-corrected chi connectivity index (χ1v) is 14.0. The van der Waals surface area contributed by atoms with Gasteiger partial charge in [-0.2, -0.15) is 0 Å². The van der Waals surface area contributed by atoms with Gasteiger partial charge >= 0.3 is 17.9 Å². The number of ether oxygens (including phenoxy) is 4. The van der Waals surface area contributed by atoms with E-state index in [1.807, 2.05) is 32.0 Å². The summed E-state index contributed by atoms with van der Waals surface area (Å²) in [7, 11) is 0. The van der Waals surface area contributed by atoms with Gasteiger partial charge in [-0.25, -0.2) is 14.4 Å². The number of carbonyl (C=O) groups is 3. The molecule has 0 radical (unpaired) electrons. The van der Waals surface area contributed by atoms with Crippen LogP contribution in [0.3, 0.4) is 0 Å². The smallest absolute Gasteiger partial charge is 0.338 e. The van der Waals surface area contributed by atoms with Crippen molar-refractivity contribution < 1.29 is 38.4 Å². The first kappa shape index (κ1) is 36.6. The van der Waals surface area contributed by atoms with Gasteiger partial charge in [0, 0.05) is 11.1 Å². The van der Waals surface area contributed by atoms with Crippen molar-refractivity contribution in [1.82, 2.24) is 0 Å². The van der Waals surface area contributed by atoms with Crippen LogP contribution in [0.5, 0.6) is 34.5 Å². The van der Waals surface area contributed by atoms with Gasteiger partial charge in [0.1, 0.15) is 34.5 Å². The van der Waals surface area contributed by atoms with Gasteiger partial charge in [-0.3, -0.25) is 0 Å². The molecule has 4 rings (SSSR count). The number of aromatic carboxylic acids is 1. The van der Waals surface area contributed by atoms with E-state index in [0.717, 1.165) is 28.0 Å². The molecule has 0 atom stereocenters. The van der Waals surface area contributed by atoms with Gasteiger partial charge in [-0.1, -0.05) is 38.8 Å². The molecule has 0 aliphatic heterocycles. The Labute approximate surface area is 270 Å². The fourth-order valence-corrected chi connectivity index (χ4v) is 3.97. The molecule has 8 nitrogen and oxygen atoms in total. The van der Waals surface area contributed by atoms with E-state index in [2.05, 4.69) is 13.2 Å². The molecule has 0 aliphatic carbocycles. The van der Waals surface area contributed by atoms with Crippen LogP contribution in [-0.2, 0) is 9.59 Å². The Hall–Kier alpha value is -5.63. The summed E-state index contributed by atoms with van der Waals surface area (Å²) in [5.74, 6) is 1.68. The number of carbonyl (C=O) groups excluding carboxylic acids is 2. The first-order chi connectivity index (χ1) is 21.2. The largest absolute Gasteiger partial charge is 0.478 e. The number of carboxylic acids is 1. The SMILES string of the molecule is C.C=C(C)C(=O)Oc1ccc(Oc2c(C)cc(C(=O)O)cc2C)cc1.C=C(C)C(=O)Oc1ccc(Oc2c(C)cccc2C)cc1. The van der Waals surface area contributed by atoms with E-state index >= 15 is 0 Å². The van der Waals surface area contributed by atoms with Crippen LogP contribution in [0.15, 0.2) is 103 Å². The Morgan fingerprint density at radius 2 is 0.891 bits per heavy atom. The number of para-hydroxylation sites is 1. The second-order valence-corrected chi connectivity index (χ2v) is 10.5. The van der Waals surface area contributed by atoms with Crippen molar-refractivity contribution in [1.29, 1.82) is 0 Å². The van der Waals surface area contributed by atoms with Crippen LogP contribution in [0.1, 0.15) is 53.9 Å². The molecule has 4 aromatic rings. The van der Waals surface area contributed by atoms with Crippen LogP contribution in [0.25, 0.3) is 0 Å². The normalized spacial score (nSPS) is 9.87. The van der Waals surface area contributed by atoms with Crippen molar-refractivity contribution in [2.24, 2.45) is 0 Å². The predicted octanol–water partition coefficient (Wildman–Crippen LogP) is 9.49. The van der Waals surface area contributed by atoms with Crippen molar-refractivity contribution in [3.63, 3.8) is 0 Å². The standard InChI is InChI=1S/C19H18O5.C18H18O3.CH4/c1-11(2)19(22)24-16-7-5-15(6-8-16)23-17-12(3)9-14(18(20)21)10-13(17)4;1-12(2)18(19)21-16-10-8-15(9-11-16)20-17-13(3)6-5-7-14(17)4;/h5-10H,1H2,2-4H3,(H,20,21);5-11H,1H2,2-4H3;1H4. The van der Waals surface area contributed by atoms with Crippen LogP contribution in [0.2, 0.25) is 0 Å². The highest BCUT2D eigenvalue weighted by molar-refractivity contribution is 5.89. The second-order valence-electron chi connectivity index (χ2n) is 10.5. The van der Waals surface area contributed by atoms with E-state index < -0.39 is 17.9 Å². The van der Waals surface area contributed by atoms with Crippen LogP contribution in [-0.4, -0.2) is 23.0 Å². The van der Waals surface area contributed by atoms with Crippen molar-refractivity contribution in [2.75, 3.05) is 0 Å². The third kappa shape index (κ3) is 10.2. The molecule has 0 aromatic heterocycles. The van der Waals surface area contributed by atoms with Gasteiger partial charge in [0.15, 0.2) is 0 Å². The van der Waals surface area contributed by atoms with E-state index in [1.165, 1.54) is 0 Å². The number of carboxylic acid groups (broad SMARTS) is 1. The van der Waals surface area contributed by atoms with E-state index in [9.17, 15) is 14.4 Å². The van der Waals surface area contributed by atoms with Crippen LogP contribution >= 0.6 is 0 Å². The molecule has 46 heavy (non-hydrogen) atoms. The molecule has 0 saturated heterocycles. The lowest BCUT2D eigenvalue weighted by Gasteiger charge is -2.13. The zero-order valence-electron chi connectivity index (χ0n) is 26.2. The summed E-state index contributed by atoms with van der Waals surface area (Å²) < 4.78 is 22.0. The molecular weight excluding hydrogens is 584 g/mol. The summed E-state index contributed by atoms with van der Waals surface area (Å²) in [6.07, 6.45) is 0. The third-order valence-corrected chi connectivity index (χ3v) is 6.32. The minimum Gasteiger partial charge on any atom is -0.478 e. The Balaban J connectivity index is 0.000000316. The summed E-state index contributed by atoms with van der Waals surface area (Å²) in [4.78, 5) is 33.9. The Morgan fingerprint density at radius 1 is 0.565 bits per heavy atom. The molecule has 0 unspecified atom stereocenters. The predicted molar refractivity (Wildman–Crippen MR) is 179 cm³/mol. The van der Waals surface area contributed by atoms with Crippen LogP contribution < -0.4 is 18.9 Å². The Morgan fingerprint density at radius 3 is 1.22 bits per heavy atom. The van der Waals surface area contributed by atoms with Crippen molar-refractivity contribution in [3.05, 3.63) is 131 Å². The number of benzene rings is 4. The maximum Gasteiger partial charge on any atom is 0.338 e. The molecule has 8 heteroatoms. The van der Waals surface area contributed by atoms with E-state index in [-0.39, 0.29) is 13.0 Å². The molecule has 1 N–H and O–H groups in total. The number of rotatable bonds is 9. The van der Waals surface area contributed by atoms with Crippen LogP contribution in [0, 0.1) is 27.7 Å². The summed E-state index contributed by atoms with van der Waals surface area (Å²) in [5.41, 5.74) is 4.52. The Bertz CT molecular complexity index is 1690. The minimum absolute atomic E-state index is 0. The Kier molecular flexibility index (Phi) is 13.1. The van der Waals surface area contributed by atoms with Gasteiger partial charge in [0.25, 0.3) is 0 Å². The topological polar surface area (TPSA) is 108 Å². The zero-order valence-corrected chi connectivity index (χ0v) is 26.2. The van der Waals surface area contributed by atoms with Gasteiger partial charge in [0.05, 0.1) is 5.56 Å². The lowest BCUT2D eigenvalue weighted by Crippen LogP contribution is -2.07. The summed E-state index contributed by atoms with van der Waals surface area (Å²) in [5, 5.41) is 9.07. The maximum atomic E-state index is 11.5. The molecular formula is C38H40O8. The van der Waals surface area contributed by atoms with Crippen LogP contribution in [0.4, 0.5) is 0 Å². The number of hydrogen-bond donors (Lipinski definition) is 1. The van der Waals surface area contributed by atoms with Gasteiger partial charge < -0.3 is 24.1 Å². The highest BCUT2D eigenvalue weighted by Gasteiger charge is 2.12. The lowest BCUT2D eigenvalue weighted by atomic mass is 10.1. The van der Waals surface area contributed by atoms with Gasteiger partial charge in [-0.05, 0) is 124 Å². The lowest BCUT2D eigenvalue weighted by molar-refractivity contribution is -0.130. The fraction of sp³-hybridized carbons (Fsp3) is 0.184. The molecule has 0 bridgehead atoms. The van der Waals surface area contributed by atoms with Gasteiger partial charge in [0.2, 0.25) is 0 Å². The summed E-state index contributed by atoms with van der Waals surface area (Å²) >= 11 is 0. The molecule has 240 valence electrons. The molecule has 0 spiro atoms. The maximum absolute atomic E-state index is 11.5. The number of aryl methyl sites for hydroxylation is 4. The monoisotopic (exact) mass is 624 g/mol. The molecule has 0 amide bonds. The third-order valence-electron chi connectivity index (χ3n) is 6.32. The van der Waals surface area contributed by atoms with E-state index in [0.29, 0.717) is 39.9 Å². The fourth-order valence-electron chi connectivity index (χ4n) is 3.97. The number of esters is 2. The molecule has 4 aromatic carbocycles. The molecule has 0 saturated carbocycles.